The molecule has 0 radical (unpaired) electrons. The van der Waals surface area contributed by atoms with Gasteiger partial charge >= 0.3 is 6.18 Å². The number of halogens is 4. The van der Waals surface area contributed by atoms with Gasteiger partial charge < -0.3 is 5.73 Å². The van der Waals surface area contributed by atoms with Crippen molar-refractivity contribution < 1.29 is 13.2 Å². The Morgan fingerprint density at radius 3 is 2.11 bits per heavy atom. The van der Waals surface area contributed by atoms with E-state index in [-0.39, 0.29) is 5.69 Å². The molecule has 0 spiro atoms. The first-order valence-electron chi connectivity index (χ1n) is 5.26. The third-order valence-corrected chi connectivity index (χ3v) is 3.91. The third kappa shape index (κ3) is 3.67. The summed E-state index contributed by atoms with van der Waals surface area (Å²) in [4.78, 5) is 1.37. The van der Waals surface area contributed by atoms with Gasteiger partial charge in [0.05, 0.1) is 5.56 Å². The highest BCUT2D eigenvalue weighted by molar-refractivity contribution is 9.10. The molecule has 6 heteroatoms. The Balaban J connectivity index is 2.29. The van der Waals surface area contributed by atoms with Gasteiger partial charge in [0.2, 0.25) is 0 Å². The molecular weight excluding hydrogens is 339 g/mol. The van der Waals surface area contributed by atoms with Crippen molar-refractivity contribution in [3.8, 4) is 0 Å². The lowest BCUT2D eigenvalue weighted by atomic mass is 10.2. The minimum atomic E-state index is -4.43. The lowest BCUT2D eigenvalue weighted by Crippen LogP contribution is -2.08. The van der Waals surface area contributed by atoms with E-state index in [0.29, 0.717) is 4.90 Å². The zero-order valence-corrected chi connectivity index (χ0v) is 11.9. The average molecular weight is 348 g/mol. The maximum Gasteiger partial charge on any atom is 0.418 e. The molecule has 2 N–H and O–H groups in total. The van der Waals surface area contributed by atoms with Crippen LogP contribution in [0.5, 0.6) is 0 Å². The lowest BCUT2D eigenvalue weighted by molar-refractivity contribution is -0.137. The molecule has 0 aliphatic heterocycles. The number of rotatable bonds is 2. The van der Waals surface area contributed by atoms with E-state index in [4.69, 9.17) is 5.73 Å². The van der Waals surface area contributed by atoms with Crippen LogP contribution < -0.4 is 5.73 Å². The van der Waals surface area contributed by atoms with Crippen molar-refractivity contribution in [1.29, 1.82) is 0 Å². The molecule has 0 aliphatic rings. The van der Waals surface area contributed by atoms with Gasteiger partial charge in [0.1, 0.15) is 0 Å². The second-order valence-corrected chi connectivity index (χ2v) is 5.87. The summed E-state index contributed by atoms with van der Waals surface area (Å²) in [6, 6.07) is 11.3. The molecule has 100 valence electrons. The van der Waals surface area contributed by atoms with Crippen LogP contribution in [0.25, 0.3) is 0 Å². The van der Waals surface area contributed by atoms with Gasteiger partial charge in [-0.1, -0.05) is 27.7 Å². The predicted octanol–water partition coefficient (Wildman–Crippen LogP) is 5.20. The van der Waals surface area contributed by atoms with Gasteiger partial charge in [0.15, 0.2) is 0 Å². The monoisotopic (exact) mass is 347 g/mol. The smallest absolute Gasteiger partial charge is 0.398 e. The molecule has 0 saturated carbocycles. The summed E-state index contributed by atoms with van der Waals surface area (Å²) in [5.74, 6) is 0. The number of hydrogen-bond acceptors (Lipinski definition) is 2. The van der Waals surface area contributed by atoms with E-state index in [9.17, 15) is 13.2 Å². The Morgan fingerprint density at radius 2 is 1.53 bits per heavy atom. The molecule has 2 aromatic rings. The fourth-order valence-electron chi connectivity index (χ4n) is 1.48. The molecule has 2 rings (SSSR count). The van der Waals surface area contributed by atoms with Crippen LogP contribution in [0, 0.1) is 0 Å². The molecule has 0 bridgehead atoms. The highest BCUT2D eigenvalue weighted by atomic mass is 79.9. The summed E-state index contributed by atoms with van der Waals surface area (Å²) in [7, 11) is 0. The van der Waals surface area contributed by atoms with Crippen molar-refractivity contribution in [2.75, 3.05) is 5.73 Å². The molecule has 19 heavy (non-hydrogen) atoms. The van der Waals surface area contributed by atoms with Crippen LogP contribution in [0.3, 0.4) is 0 Å². The first-order valence-corrected chi connectivity index (χ1v) is 6.87. The number of nitrogens with two attached hydrogens (primary N) is 1. The van der Waals surface area contributed by atoms with Gasteiger partial charge in [0.25, 0.3) is 0 Å². The van der Waals surface area contributed by atoms with E-state index in [1.165, 1.54) is 17.8 Å². The zero-order valence-electron chi connectivity index (χ0n) is 9.54. The van der Waals surface area contributed by atoms with Crippen LogP contribution in [0.2, 0.25) is 0 Å². The van der Waals surface area contributed by atoms with Crippen LogP contribution in [-0.4, -0.2) is 0 Å². The first-order chi connectivity index (χ1) is 8.86. The summed E-state index contributed by atoms with van der Waals surface area (Å²) >= 11 is 4.56. The summed E-state index contributed by atoms with van der Waals surface area (Å²) in [5.41, 5.74) is 4.30. The minimum Gasteiger partial charge on any atom is -0.398 e. The van der Waals surface area contributed by atoms with Crippen molar-refractivity contribution in [1.82, 2.24) is 0 Å². The lowest BCUT2D eigenvalue weighted by Gasteiger charge is -2.11. The Kier molecular flexibility index (Phi) is 4.10. The van der Waals surface area contributed by atoms with Gasteiger partial charge in [0, 0.05) is 20.0 Å². The van der Waals surface area contributed by atoms with E-state index >= 15 is 0 Å². The maximum atomic E-state index is 12.7. The molecule has 2 aromatic carbocycles. The molecule has 0 heterocycles. The van der Waals surface area contributed by atoms with E-state index in [1.54, 1.807) is 6.07 Å². The van der Waals surface area contributed by atoms with Crippen LogP contribution in [0.1, 0.15) is 5.56 Å². The van der Waals surface area contributed by atoms with Gasteiger partial charge in [-0.2, -0.15) is 13.2 Å². The number of alkyl halides is 3. The van der Waals surface area contributed by atoms with Gasteiger partial charge in [-0.15, -0.1) is 0 Å². The Morgan fingerprint density at radius 1 is 0.947 bits per heavy atom. The van der Waals surface area contributed by atoms with E-state index < -0.39 is 11.7 Å². The van der Waals surface area contributed by atoms with Crippen molar-refractivity contribution in [2.45, 2.75) is 16.0 Å². The van der Waals surface area contributed by atoms with Crippen LogP contribution >= 0.6 is 27.7 Å². The standard InChI is InChI=1S/C13H9BrF3NS/c14-8-1-3-9(4-2-8)19-10-5-6-12(18)11(7-10)13(15,16)17/h1-7H,18H2. The molecule has 0 saturated heterocycles. The zero-order chi connectivity index (χ0) is 14.0. The molecule has 0 unspecified atom stereocenters. The van der Waals surface area contributed by atoms with Crippen LogP contribution in [-0.2, 0) is 6.18 Å². The molecule has 0 amide bonds. The summed E-state index contributed by atoms with van der Waals surface area (Å²) in [6.07, 6.45) is -4.43. The molecule has 0 fully saturated rings. The summed E-state index contributed by atoms with van der Waals surface area (Å²) < 4.78 is 39.1. The fourth-order valence-corrected chi connectivity index (χ4v) is 2.60. The largest absolute Gasteiger partial charge is 0.418 e. The van der Waals surface area contributed by atoms with Crippen molar-refractivity contribution >= 4 is 33.4 Å². The quantitative estimate of drug-likeness (QED) is 0.755. The number of anilines is 1. The van der Waals surface area contributed by atoms with Crippen molar-refractivity contribution in [3.05, 3.63) is 52.5 Å². The summed E-state index contributed by atoms with van der Waals surface area (Å²) in [5, 5.41) is 0. The molecule has 0 atom stereocenters. The van der Waals surface area contributed by atoms with E-state index in [2.05, 4.69) is 15.9 Å². The average Bonchev–Trinajstić information content (AvgIpc) is 2.33. The van der Waals surface area contributed by atoms with Gasteiger partial charge in [-0.05, 0) is 42.5 Å². The Bertz CT molecular complexity index is 581. The van der Waals surface area contributed by atoms with Crippen molar-refractivity contribution in [2.24, 2.45) is 0 Å². The van der Waals surface area contributed by atoms with Gasteiger partial charge in [-0.25, -0.2) is 0 Å². The highest BCUT2D eigenvalue weighted by Gasteiger charge is 2.33. The minimum absolute atomic E-state index is 0.257. The van der Waals surface area contributed by atoms with Crippen LogP contribution in [0.15, 0.2) is 56.7 Å². The fraction of sp³-hybridized carbons (Fsp3) is 0.0769. The second kappa shape index (κ2) is 5.46. The number of benzene rings is 2. The number of hydrogen-bond donors (Lipinski definition) is 1. The van der Waals surface area contributed by atoms with Crippen molar-refractivity contribution in [3.63, 3.8) is 0 Å². The second-order valence-electron chi connectivity index (χ2n) is 3.80. The van der Waals surface area contributed by atoms with Crippen LogP contribution in [0.4, 0.5) is 18.9 Å². The molecule has 0 aliphatic carbocycles. The predicted molar refractivity (Wildman–Crippen MR) is 74.1 cm³/mol. The number of nitrogen functional groups attached to an aromatic ring is 1. The first kappa shape index (κ1) is 14.3. The normalized spacial score (nSPS) is 11.6. The van der Waals surface area contributed by atoms with E-state index in [1.807, 2.05) is 24.3 Å². The molecule has 1 nitrogen and oxygen atoms in total. The molecular formula is C13H9BrF3NS. The Labute approximate surface area is 121 Å². The summed E-state index contributed by atoms with van der Waals surface area (Å²) in [6.45, 7) is 0. The maximum absolute atomic E-state index is 12.7. The topological polar surface area (TPSA) is 26.0 Å². The SMILES string of the molecule is Nc1ccc(Sc2ccc(Br)cc2)cc1C(F)(F)F. The third-order valence-electron chi connectivity index (χ3n) is 2.38. The van der Waals surface area contributed by atoms with E-state index in [0.717, 1.165) is 15.4 Å². The Hall–Kier alpha value is -1.14. The van der Waals surface area contributed by atoms with Gasteiger partial charge in [-0.3, -0.25) is 0 Å². The highest BCUT2D eigenvalue weighted by Crippen LogP contribution is 2.37. The molecule has 0 aromatic heterocycles.